The third-order valence-electron chi connectivity index (χ3n) is 2.41. The van der Waals surface area contributed by atoms with E-state index in [0.717, 1.165) is 13.0 Å². The first kappa shape index (κ1) is 10.9. The SMILES string of the molecule is CC(C)C(N)C(C)(C)CCN. The van der Waals surface area contributed by atoms with Gasteiger partial charge in [0.25, 0.3) is 0 Å². The minimum absolute atomic E-state index is 0.183. The summed E-state index contributed by atoms with van der Waals surface area (Å²) in [5.41, 5.74) is 11.7. The van der Waals surface area contributed by atoms with Crippen LogP contribution in [0.25, 0.3) is 0 Å². The van der Waals surface area contributed by atoms with Crippen LogP contribution >= 0.6 is 0 Å². The predicted molar refractivity (Wildman–Crippen MR) is 50.3 cm³/mol. The molecule has 0 aliphatic heterocycles. The number of hydrogen-bond donors (Lipinski definition) is 2. The topological polar surface area (TPSA) is 52.0 Å². The molecule has 0 aliphatic carbocycles. The van der Waals surface area contributed by atoms with Crippen molar-refractivity contribution in [3.05, 3.63) is 0 Å². The van der Waals surface area contributed by atoms with Gasteiger partial charge in [-0.2, -0.15) is 0 Å². The van der Waals surface area contributed by atoms with Crippen LogP contribution in [0.15, 0.2) is 0 Å². The Bertz CT molecular complexity index is 108. The van der Waals surface area contributed by atoms with Crippen molar-refractivity contribution in [1.82, 2.24) is 0 Å². The van der Waals surface area contributed by atoms with E-state index in [4.69, 9.17) is 11.5 Å². The molecule has 0 heterocycles. The highest BCUT2D eigenvalue weighted by atomic mass is 14.7. The van der Waals surface area contributed by atoms with Gasteiger partial charge in [-0.3, -0.25) is 0 Å². The zero-order chi connectivity index (χ0) is 9.07. The average molecular weight is 158 g/mol. The molecule has 0 radical (unpaired) electrons. The Hall–Kier alpha value is -0.0800. The molecule has 68 valence electrons. The summed E-state index contributed by atoms with van der Waals surface area (Å²) < 4.78 is 0. The Morgan fingerprint density at radius 1 is 1.27 bits per heavy atom. The maximum absolute atomic E-state index is 6.02. The van der Waals surface area contributed by atoms with E-state index in [1.54, 1.807) is 0 Å². The van der Waals surface area contributed by atoms with Gasteiger partial charge in [0, 0.05) is 6.04 Å². The summed E-state index contributed by atoms with van der Waals surface area (Å²) in [6.07, 6.45) is 1.01. The van der Waals surface area contributed by atoms with E-state index in [-0.39, 0.29) is 11.5 Å². The lowest BCUT2D eigenvalue weighted by atomic mass is 9.77. The highest BCUT2D eigenvalue weighted by molar-refractivity contribution is 4.83. The summed E-state index contributed by atoms with van der Waals surface area (Å²) in [6, 6.07) is 0.256. The average Bonchev–Trinajstić information content (AvgIpc) is 1.86. The molecular weight excluding hydrogens is 136 g/mol. The lowest BCUT2D eigenvalue weighted by molar-refractivity contribution is 0.219. The van der Waals surface area contributed by atoms with E-state index in [9.17, 15) is 0 Å². The molecule has 0 aromatic rings. The predicted octanol–water partition coefficient (Wildman–Crippen LogP) is 1.34. The third-order valence-corrected chi connectivity index (χ3v) is 2.41. The van der Waals surface area contributed by atoms with Gasteiger partial charge >= 0.3 is 0 Å². The second-order valence-electron chi connectivity index (χ2n) is 4.30. The molecule has 0 saturated heterocycles. The smallest absolute Gasteiger partial charge is 0.0114 e. The van der Waals surface area contributed by atoms with Gasteiger partial charge in [-0.05, 0) is 24.3 Å². The second-order valence-corrected chi connectivity index (χ2v) is 4.30. The Morgan fingerprint density at radius 2 is 1.73 bits per heavy atom. The molecule has 0 aliphatic rings. The largest absolute Gasteiger partial charge is 0.330 e. The fourth-order valence-corrected chi connectivity index (χ4v) is 1.44. The van der Waals surface area contributed by atoms with E-state index < -0.39 is 0 Å². The summed E-state index contributed by atoms with van der Waals surface area (Å²) in [4.78, 5) is 0. The van der Waals surface area contributed by atoms with Crippen molar-refractivity contribution in [3.63, 3.8) is 0 Å². The first-order valence-electron chi connectivity index (χ1n) is 4.37. The fraction of sp³-hybridized carbons (Fsp3) is 1.00. The van der Waals surface area contributed by atoms with Crippen LogP contribution in [0.5, 0.6) is 0 Å². The number of nitrogens with two attached hydrogens (primary N) is 2. The molecule has 4 N–H and O–H groups in total. The van der Waals surface area contributed by atoms with Gasteiger partial charge in [-0.1, -0.05) is 27.7 Å². The zero-order valence-electron chi connectivity index (χ0n) is 8.22. The van der Waals surface area contributed by atoms with Crippen LogP contribution in [0.3, 0.4) is 0 Å². The summed E-state index contributed by atoms with van der Waals surface area (Å²) in [5, 5.41) is 0. The Labute approximate surface area is 70.3 Å². The summed E-state index contributed by atoms with van der Waals surface area (Å²) in [6.45, 7) is 9.41. The molecule has 1 unspecified atom stereocenters. The number of hydrogen-bond acceptors (Lipinski definition) is 2. The first-order chi connectivity index (χ1) is 4.91. The van der Waals surface area contributed by atoms with Crippen LogP contribution in [0.4, 0.5) is 0 Å². The van der Waals surface area contributed by atoms with Gasteiger partial charge in [0.05, 0.1) is 0 Å². The van der Waals surface area contributed by atoms with Gasteiger partial charge in [0.1, 0.15) is 0 Å². The van der Waals surface area contributed by atoms with Gasteiger partial charge in [0.15, 0.2) is 0 Å². The highest BCUT2D eigenvalue weighted by Gasteiger charge is 2.27. The molecule has 0 bridgehead atoms. The van der Waals surface area contributed by atoms with Crippen molar-refractivity contribution in [3.8, 4) is 0 Å². The van der Waals surface area contributed by atoms with E-state index >= 15 is 0 Å². The standard InChI is InChI=1S/C9H22N2/c1-7(2)8(11)9(3,4)5-6-10/h7-8H,5-6,10-11H2,1-4H3. The van der Waals surface area contributed by atoms with Crippen molar-refractivity contribution < 1.29 is 0 Å². The summed E-state index contributed by atoms with van der Waals surface area (Å²) >= 11 is 0. The van der Waals surface area contributed by atoms with Crippen molar-refractivity contribution >= 4 is 0 Å². The molecule has 0 saturated carbocycles. The van der Waals surface area contributed by atoms with Gasteiger partial charge in [0.2, 0.25) is 0 Å². The van der Waals surface area contributed by atoms with Crippen molar-refractivity contribution in [1.29, 1.82) is 0 Å². The quantitative estimate of drug-likeness (QED) is 0.649. The lowest BCUT2D eigenvalue weighted by Crippen LogP contribution is -2.42. The molecule has 2 nitrogen and oxygen atoms in total. The fourth-order valence-electron chi connectivity index (χ4n) is 1.44. The summed E-state index contributed by atoms with van der Waals surface area (Å²) in [5.74, 6) is 0.538. The maximum atomic E-state index is 6.02. The van der Waals surface area contributed by atoms with Crippen LogP contribution in [0.1, 0.15) is 34.1 Å². The van der Waals surface area contributed by atoms with Crippen LogP contribution < -0.4 is 11.5 Å². The Morgan fingerprint density at radius 3 is 2.00 bits per heavy atom. The zero-order valence-corrected chi connectivity index (χ0v) is 8.22. The van der Waals surface area contributed by atoms with Crippen molar-refractivity contribution in [2.75, 3.05) is 6.54 Å². The lowest BCUT2D eigenvalue weighted by Gasteiger charge is -2.34. The van der Waals surface area contributed by atoms with Gasteiger partial charge in [-0.25, -0.2) is 0 Å². The van der Waals surface area contributed by atoms with Crippen LogP contribution in [-0.4, -0.2) is 12.6 Å². The van der Waals surface area contributed by atoms with Crippen LogP contribution in [0.2, 0.25) is 0 Å². The Balaban J connectivity index is 4.05. The van der Waals surface area contributed by atoms with Gasteiger partial charge < -0.3 is 11.5 Å². The minimum Gasteiger partial charge on any atom is -0.330 e. The van der Waals surface area contributed by atoms with Crippen LogP contribution in [0, 0.1) is 11.3 Å². The molecule has 0 aromatic heterocycles. The number of rotatable bonds is 4. The van der Waals surface area contributed by atoms with E-state index in [2.05, 4.69) is 27.7 Å². The monoisotopic (exact) mass is 158 g/mol. The van der Waals surface area contributed by atoms with E-state index in [1.165, 1.54) is 0 Å². The molecule has 11 heavy (non-hydrogen) atoms. The molecule has 0 spiro atoms. The summed E-state index contributed by atoms with van der Waals surface area (Å²) in [7, 11) is 0. The third kappa shape index (κ3) is 3.21. The molecular formula is C9H22N2. The molecule has 0 fully saturated rings. The van der Waals surface area contributed by atoms with Gasteiger partial charge in [-0.15, -0.1) is 0 Å². The molecule has 0 rings (SSSR count). The maximum Gasteiger partial charge on any atom is 0.0114 e. The van der Waals surface area contributed by atoms with Crippen molar-refractivity contribution in [2.45, 2.75) is 40.2 Å². The van der Waals surface area contributed by atoms with Crippen LogP contribution in [-0.2, 0) is 0 Å². The second kappa shape index (κ2) is 4.07. The van der Waals surface area contributed by atoms with Crippen molar-refractivity contribution in [2.24, 2.45) is 22.8 Å². The Kier molecular flexibility index (Phi) is 4.04. The minimum atomic E-state index is 0.183. The molecule has 1 atom stereocenters. The van der Waals surface area contributed by atoms with E-state index in [0.29, 0.717) is 5.92 Å². The van der Waals surface area contributed by atoms with E-state index in [1.807, 2.05) is 0 Å². The highest BCUT2D eigenvalue weighted by Crippen LogP contribution is 2.27. The molecule has 0 amide bonds. The first-order valence-corrected chi connectivity index (χ1v) is 4.37. The molecule has 2 heteroatoms. The normalized spacial score (nSPS) is 15.5. The molecule has 0 aromatic carbocycles.